The molecule has 2 aromatic rings. The van der Waals surface area contributed by atoms with Gasteiger partial charge in [0.25, 0.3) is 0 Å². The Morgan fingerprint density at radius 2 is 2.17 bits per heavy atom. The van der Waals surface area contributed by atoms with E-state index >= 15 is 0 Å². The minimum absolute atomic E-state index is 0.280. The van der Waals surface area contributed by atoms with Crippen LogP contribution in [-0.2, 0) is 6.54 Å². The fraction of sp³-hybridized carbons (Fsp3) is 0.231. The quantitative estimate of drug-likeness (QED) is 0.870. The van der Waals surface area contributed by atoms with E-state index in [1.165, 1.54) is 17.4 Å². The van der Waals surface area contributed by atoms with Crippen LogP contribution in [0.25, 0.3) is 0 Å². The molecule has 2 rings (SSSR count). The maximum atomic E-state index is 13.6. The van der Waals surface area contributed by atoms with Crippen molar-refractivity contribution in [3.63, 3.8) is 0 Å². The molecular formula is C13H13ClFNOS. The van der Waals surface area contributed by atoms with Crippen LogP contribution in [0.1, 0.15) is 11.8 Å². The second-order valence-electron chi connectivity index (χ2n) is 3.64. The van der Waals surface area contributed by atoms with Crippen molar-refractivity contribution in [1.29, 1.82) is 0 Å². The first-order valence-electron chi connectivity index (χ1n) is 5.59. The van der Waals surface area contributed by atoms with Gasteiger partial charge in [0, 0.05) is 23.2 Å². The molecule has 0 amide bonds. The summed E-state index contributed by atoms with van der Waals surface area (Å²) in [5.74, 6) is -0.0757. The number of hydrogen-bond acceptors (Lipinski definition) is 3. The molecule has 0 bridgehead atoms. The SMILES string of the molecule is CCOc1ccc(NCc2ccc(Cl)s2)cc1F. The summed E-state index contributed by atoms with van der Waals surface area (Å²) in [5.41, 5.74) is 0.723. The van der Waals surface area contributed by atoms with E-state index in [2.05, 4.69) is 5.32 Å². The fourth-order valence-corrected chi connectivity index (χ4v) is 2.55. The summed E-state index contributed by atoms with van der Waals surface area (Å²) in [6.45, 7) is 2.91. The Morgan fingerprint density at radius 1 is 1.33 bits per heavy atom. The van der Waals surface area contributed by atoms with Crippen LogP contribution in [0.3, 0.4) is 0 Å². The molecule has 0 aliphatic heterocycles. The molecule has 1 aromatic carbocycles. The van der Waals surface area contributed by atoms with Crippen molar-refractivity contribution in [3.05, 3.63) is 45.4 Å². The summed E-state index contributed by atoms with van der Waals surface area (Å²) in [7, 11) is 0. The molecule has 2 nitrogen and oxygen atoms in total. The molecule has 18 heavy (non-hydrogen) atoms. The van der Waals surface area contributed by atoms with Crippen molar-refractivity contribution >= 4 is 28.6 Å². The van der Waals surface area contributed by atoms with Crippen LogP contribution in [0.4, 0.5) is 10.1 Å². The van der Waals surface area contributed by atoms with Crippen LogP contribution < -0.4 is 10.1 Å². The lowest BCUT2D eigenvalue weighted by molar-refractivity contribution is 0.321. The molecule has 0 aliphatic carbocycles. The van der Waals surface area contributed by atoms with E-state index < -0.39 is 0 Å². The number of benzene rings is 1. The lowest BCUT2D eigenvalue weighted by Crippen LogP contribution is -1.99. The highest BCUT2D eigenvalue weighted by atomic mass is 35.5. The topological polar surface area (TPSA) is 21.3 Å². The van der Waals surface area contributed by atoms with Crippen molar-refractivity contribution in [2.24, 2.45) is 0 Å². The van der Waals surface area contributed by atoms with Crippen LogP contribution in [0.15, 0.2) is 30.3 Å². The number of nitrogens with one attached hydrogen (secondary N) is 1. The Labute approximate surface area is 114 Å². The van der Waals surface area contributed by atoms with E-state index in [0.29, 0.717) is 13.2 Å². The molecule has 5 heteroatoms. The van der Waals surface area contributed by atoms with E-state index in [0.717, 1.165) is 14.9 Å². The highest BCUT2D eigenvalue weighted by molar-refractivity contribution is 7.16. The summed E-state index contributed by atoms with van der Waals surface area (Å²) >= 11 is 7.34. The second-order valence-corrected chi connectivity index (χ2v) is 5.44. The van der Waals surface area contributed by atoms with Gasteiger partial charge in [0.15, 0.2) is 11.6 Å². The van der Waals surface area contributed by atoms with Gasteiger partial charge < -0.3 is 10.1 Å². The standard InChI is InChI=1S/C13H13ClFNOS/c1-2-17-12-5-3-9(7-11(12)15)16-8-10-4-6-13(14)18-10/h3-7,16H,2,8H2,1H3. The van der Waals surface area contributed by atoms with E-state index in [1.807, 2.05) is 19.1 Å². The molecule has 96 valence electrons. The molecule has 0 spiro atoms. The molecule has 1 aromatic heterocycles. The molecule has 1 N–H and O–H groups in total. The molecule has 0 saturated carbocycles. The Bertz CT molecular complexity index is 529. The van der Waals surface area contributed by atoms with Crippen molar-refractivity contribution in [2.45, 2.75) is 13.5 Å². The largest absolute Gasteiger partial charge is 0.491 e. The Hall–Kier alpha value is -1.26. The lowest BCUT2D eigenvalue weighted by atomic mass is 10.3. The van der Waals surface area contributed by atoms with Crippen molar-refractivity contribution in [3.8, 4) is 5.75 Å². The number of halogens is 2. The summed E-state index contributed by atoms with van der Waals surface area (Å²) in [6, 6.07) is 8.65. The second kappa shape index (κ2) is 6.07. The van der Waals surface area contributed by atoms with Gasteiger partial charge in [-0.05, 0) is 31.2 Å². The van der Waals surface area contributed by atoms with Crippen LogP contribution in [0, 0.1) is 5.82 Å². The first kappa shape index (κ1) is 13.2. The minimum Gasteiger partial charge on any atom is -0.491 e. The average Bonchev–Trinajstić information content (AvgIpc) is 2.76. The lowest BCUT2D eigenvalue weighted by Gasteiger charge is -2.08. The monoisotopic (exact) mass is 285 g/mol. The van der Waals surface area contributed by atoms with Gasteiger partial charge in [-0.3, -0.25) is 0 Å². The van der Waals surface area contributed by atoms with Gasteiger partial charge in [0.1, 0.15) is 0 Å². The van der Waals surface area contributed by atoms with Crippen LogP contribution >= 0.6 is 22.9 Å². The normalized spacial score (nSPS) is 10.4. The zero-order valence-corrected chi connectivity index (χ0v) is 11.4. The smallest absolute Gasteiger partial charge is 0.167 e. The number of thiophene rings is 1. The number of rotatable bonds is 5. The maximum Gasteiger partial charge on any atom is 0.167 e. The zero-order chi connectivity index (χ0) is 13.0. The van der Waals surface area contributed by atoms with Crippen LogP contribution in [0.5, 0.6) is 5.75 Å². The number of hydrogen-bond donors (Lipinski definition) is 1. The van der Waals surface area contributed by atoms with E-state index in [4.69, 9.17) is 16.3 Å². The summed E-state index contributed by atoms with van der Waals surface area (Å²) < 4.78 is 19.5. The third-order valence-corrected chi connectivity index (χ3v) is 3.56. The molecular weight excluding hydrogens is 273 g/mol. The maximum absolute atomic E-state index is 13.6. The highest BCUT2D eigenvalue weighted by Gasteiger charge is 2.04. The molecule has 0 atom stereocenters. The molecule has 0 saturated heterocycles. The predicted molar refractivity (Wildman–Crippen MR) is 74.2 cm³/mol. The van der Waals surface area contributed by atoms with Gasteiger partial charge in [-0.2, -0.15) is 0 Å². The van der Waals surface area contributed by atoms with Crippen molar-refractivity contribution < 1.29 is 9.13 Å². The van der Waals surface area contributed by atoms with Crippen LogP contribution in [0.2, 0.25) is 4.34 Å². The van der Waals surface area contributed by atoms with E-state index in [-0.39, 0.29) is 11.6 Å². The average molecular weight is 286 g/mol. The first-order valence-corrected chi connectivity index (χ1v) is 6.79. The zero-order valence-electron chi connectivity index (χ0n) is 9.87. The molecule has 0 aliphatic rings. The van der Waals surface area contributed by atoms with Gasteiger partial charge in [-0.1, -0.05) is 11.6 Å². The highest BCUT2D eigenvalue weighted by Crippen LogP contribution is 2.24. The first-order chi connectivity index (χ1) is 8.69. The van der Waals surface area contributed by atoms with Gasteiger partial charge in [-0.15, -0.1) is 11.3 Å². The Kier molecular flexibility index (Phi) is 4.44. The Morgan fingerprint density at radius 3 is 2.78 bits per heavy atom. The van der Waals surface area contributed by atoms with Gasteiger partial charge in [0.05, 0.1) is 10.9 Å². The van der Waals surface area contributed by atoms with Gasteiger partial charge in [0.2, 0.25) is 0 Å². The van der Waals surface area contributed by atoms with Gasteiger partial charge in [-0.25, -0.2) is 4.39 Å². The van der Waals surface area contributed by atoms with Crippen molar-refractivity contribution in [2.75, 3.05) is 11.9 Å². The minimum atomic E-state index is -0.355. The summed E-state index contributed by atoms with van der Waals surface area (Å²) in [5, 5.41) is 3.14. The van der Waals surface area contributed by atoms with E-state index in [9.17, 15) is 4.39 Å². The molecule has 1 heterocycles. The summed E-state index contributed by atoms with van der Waals surface area (Å²) in [4.78, 5) is 1.11. The molecule has 0 radical (unpaired) electrons. The van der Waals surface area contributed by atoms with Gasteiger partial charge >= 0.3 is 0 Å². The van der Waals surface area contributed by atoms with E-state index in [1.54, 1.807) is 12.1 Å². The molecule has 0 unspecified atom stereocenters. The summed E-state index contributed by atoms with van der Waals surface area (Å²) in [6.07, 6.45) is 0. The van der Waals surface area contributed by atoms with Crippen LogP contribution in [-0.4, -0.2) is 6.61 Å². The molecule has 0 fully saturated rings. The third-order valence-electron chi connectivity index (χ3n) is 2.33. The predicted octanol–water partition coefficient (Wildman–Crippen LogP) is 4.55. The number of anilines is 1. The fourth-order valence-electron chi connectivity index (χ4n) is 1.52. The number of ether oxygens (including phenoxy) is 1. The Balaban J connectivity index is 1.99. The third kappa shape index (κ3) is 3.37. The van der Waals surface area contributed by atoms with Crippen molar-refractivity contribution in [1.82, 2.24) is 0 Å².